The van der Waals surface area contributed by atoms with E-state index >= 15 is 0 Å². The second-order valence-corrected chi connectivity index (χ2v) is 24.7. The molecule has 1 fully saturated rings. The molecule has 0 amide bonds. The van der Waals surface area contributed by atoms with Crippen LogP contribution < -0.4 is 21.3 Å². The topological polar surface area (TPSA) is 297 Å². The molecule has 0 unspecified atom stereocenters. The third kappa shape index (κ3) is 12.9. The lowest BCUT2D eigenvalue weighted by Crippen LogP contribution is -2.18. The lowest BCUT2D eigenvalue weighted by Gasteiger charge is -2.25. The summed E-state index contributed by atoms with van der Waals surface area (Å²) in [5.74, 6) is 4.77. The van der Waals surface area contributed by atoms with Gasteiger partial charge in [-0.1, -0.05) is 41.8 Å². The smallest absolute Gasteiger partial charge is 0.158 e. The van der Waals surface area contributed by atoms with Crippen LogP contribution in [0.1, 0.15) is 89.6 Å². The maximum atomic E-state index is 6.22. The SMILES string of the molecule is CC1=CC(Cn2ncc3ncc(NC4=NCc5nccnc54)cc32)=NC1.CCn1nc(Cl)c2cc(NC3=NCc4cccnc43)ccc21.Cc1cc(Cn2cc3ncc(NC4=NCc5cccnc54)cc3n2)co1.c1cnc2c(c1)CN=C2Nc1cnc2cnn(CC3CCC3)c2c1. The zero-order valence-electron chi connectivity index (χ0n) is 53.8. The molecule has 19 rings (SSSR count). The van der Waals surface area contributed by atoms with Crippen molar-refractivity contribution in [3.63, 3.8) is 0 Å². The molecular weight excluding hydrogens is 1250 g/mol. The highest BCUT2D eigenvalue weighted by Gasteiger charge is 2.24. The number of anilines is 4. The number of nitrogens with one attached hydrogen (secondary N) is 4. The highest BCUT2D eigenvalue weighted by molar-refractivity contribution is 6.34. The predicted molar refractivity (Wildman–Crippen MR) is 379 cm³/mol. The molecule has 0 saturated heterocycles. The van der Waals surface area contributed by atoms with E-state index in [-0.39, 0.29) is 0 Å². The second-order valence-electron chi connectivity index (χ2n) is 24.4. The Morgan fingerprint density at radius 2 is 1.09 bits per heavy atom. The van der Waals surface area contributed by atoms with Crippen molar-refractivity contribution in [2.24, 2.45) is 30.9 Å². The minimum absolute atomic E-state index is 0.521. The quantitative estimate of drug-likeness (QED) is 0.0935. The van der Waals surface area contributed by atoms with E-state index in [1.807, 2.05) is 113 Å². The standard InChI is InChI=1S/C19H16N6O.C18H16N8.C18H18N6.C16H14ClN5/c1-12-5-13(11-26-12)9-25-10-17-16(24-25)6-15(8-21-17)23-19-18-14(7-22-19)3-2-4-20-18;1-11-4-13(21-6-11)10-26-16-5-12(7-22-14(16)9-24-26)25-18-17-15(8-23-18)19-2-3-20-17;1-3-12(4-1)11-24-16-7-14(9-20-15(16)10-22-24)23-18-17-13(8-21-18)5-2-6-19-17;1-2-22-13-6-5-11(8-12(13)15(17)21-22)20-16-14-10(9-19-16)4-3-7-18-14/h2-6,8,10-11H,7,9H2,1H3,(H,22,23);2-5,7,9H,6,8,10H2,1H3,(H,23,25);2,5-7,9-10,12H,1,3-4,8,11H2,(H,21,23);3-8H,2,9H2,1H3,(H,19,20). The summed E-state index contributed by atoms with van der Waals surface area (Å²) in [7, 11) is 0. The van der Waals surface area contributed by atoms with Gasteiger partial charge in [0.05, 0.1) is 134 Å². The van der Waals surface area contributed by atoms with Crippen molar-refractivity contribution in [1.82, 2.24) is 79.0 Å². The summed E-state index contributed by atoms with van der Waals surface area (Å²) in [6.45, 7) is 12.5. The van der Waals surface area contributed by atoms with Gasteiger partial charge in [-0.3, -0.25) is 78.6 Å². The van der Waals surface area contributed by atoms with Crippen LogP contribution in [0.3, 0.4) is 0 Å². The van der Waals surface area contributed by atoms with Crippen LogP contribution in [0.2, 0.25) is 5.15 Å². The first-order valence-corrected chi connectivity index (χ1v) is 32.8. The van der Waals surface area contributed by atoms with Gasteiger partial charge in [-0.05, 0) is 106 Å². The number of benzene rings is 1. The Labute approximate surface area is 565 Å². The Morgan fingerprint density at radius 1 is 0.510 bits per heavy atom. The zero-order valence-corrected chi connectivity index (χ0v) is 54.5. The van der Waals surface area contributed by atoms with E-state index in [1.54, 1.807) is 55.8 Å². The van der Waals surface area contributed by atoms with Gasteiger partial charge in [0, 0.05) is 77.4 Å². The minimum Gasteiger partial charge on any atom is -0.469 e. The molecule has 1 saturated carbocycles. The third-order valence-electron chi connectivity index (χ3n) is 17.4. The van der Waals surface area contributed by atoms with E-state index in [1.165, 1.54) is 24.8 Å². The number of pyridine rings is 6. The number of aromatic nitrogens is 16. The lowest BCUT2D eigenvalue weighted by atomic mass is 9.85. The van der Waals surface area contributed by atoms with Gasteiger partial charge in [0.2, 0.25) is 0 Å². The number of fused-ring (bicyclic) bond motifs is 8. The summed E-state index contributed by atoms with van der Waals surface area (Å²) < 4.78 is 13.1. The fraction of sp³-hybridized carbons (Fsp3) is 0.225. The molecular formula is C71H64ClN25O. The Balaban J connectivity index is 0.000000102. The van der Waals surface area contributed by atoms with Crippen LogP contribution in [0.4, 0.5) is 22.7 Å². The number of aliphatic imine (C=N–C) groups is 5. The first-order valence-electron chi connectivity index (χ1n) is 32.4. The second kappa shape index (κ2) is 26.6. The number of hydrogen-bond donors (Lipinski definition) is 4. The molecule has 5 aliphatic heterocycles. The van der Waals surface area contributed by atoms with Gasteiger partial charge in [0.25, 0.3) is 0 Å². The van der Waals surface area contributed by atoms with Crippen molar-refractivity contribution in [2.75, 3.05) is 27.8 Å². The first-order chi connectivity index (χ1) is 48.1. The molecule has 0 atom stereocenters. The molecule has 0 spiro atoms. The lowest BCUT2D eigenvalue weighted by molar-refractivity contribution is 0.270. The number of hydrogen-bond acceptors (Lipinski definition) is 22. The van der Waals surface area contributed by atoms with Gasteiger partial charge >= 0.3 is 0 Å². The number of rotatable bonds is 11. The van der Waals surface area contributed by atoms with Crippen LogP contribution in [0.25, 0.3) is 44.0 Å². The molecule has 486 valence electrons. The molecule has 4 N–H and O–H groups in total. The van der Waals surface area contributed by atoms with E-state index in [0.717, 1.165) is 178 Å². The van der Waals surface area contributed by atoms with Crippen LogP contribution in [-0.4, -0.2) is 115 Å². The van der Waals surface area contributed by atoms with Crippen LogP contribution >= 0.6 is 11.6 Å². The monoisotopic (exact) mass is 1320 g/mol. The van der Waals surface area contributed by atoms with Crippen LogP contribution in [0.5, 0.6) is 0 Å². The Bertz CT molecular complexity index is 5410. The van der Waals surface area contributed by atoms with Crippen molar-refractivity contribution in [2.45, 2.75) is 92.4 Å². The molecule has 26 nitrogen and oxygen atoms in total. The van der Waals surface area contributed by atoms with E-state index in [9.17, 15) is 0 Å². The maximum Gasteiger partial charge on any atom is 0.158 e. The molecule has 13 aromatic rings. The summed E-state index contributed by atoms with van der Waals surface area (Å²) in [5, 5.41) is 32.7. The highest BCUT2D eigenvalue weighted by Crippen LogP contribution is 2.31. The molecule has 6 aliphatic rings. The van der Waals surface area contributed by atoms with Crippen molar-refractivity contribution in [3.05, 3.63) is 227 Å². The van der Waals surface area contributed by atoms with Crippen LogP contribution in [0.15, 0.2) is 194 Å². The van der Waals surface area contributed by atoms with Gasteiger partial charge in [-0.25, -0.2) is 4.98 Å². The number of halogens is 1. The molecule has 17 heterocycles. The number of nitrogens with zero attached hydrogens (tertiary/aromatic N) is 21. The summed E-state index contributed by atoms with van der Waals surface area (Å²) in [4.78, 5) is 58.0. The van der Waals surface area contributed by atoms with Crippen molar-refractivity contribution in [3.8, 4) is 0 Å². The van der Waals surface area contributed by atoms with Crippen LogP contribution in [0, 0.1) is 12.8 Å². The Morgan fingerprint density at radius 3 is 1.69 bits per heavy atom. The fourth-order valence-electron chi connectivity index (χ4n) is 12.3. The van der Waals surface area contributed by atoms with E-state index in [4.69, 9.17) is 16.0 Å². The van der Waals surface area contributed by atoms with Gasteiger partial charge < -0.3 is 25.7 Å². The summed E-state index contributed by atoms with van der Waals surface area (Å²) in [6.07, 6.45) is 27.5. The highest BCUT2D eigenvalue weighted by atomic mass is 35.5. The number of allylic oxidation sites excluding steroid dienone is 1. The van der Waals surface area contributed by atoms with Crippen LogP contribution in [-0.2, 0) is 52.4 Å². The molecule has 98 heavy (non-hydrogen) atoms. The summed E-state index contributed by atoms with van der Waals surface area (Å²) in [6, 6.07) is 26.1. The first kappa shape index (κ1) is 60.9. The van der Waals surface area contributed by atoms with Gasteiger partial charge in [-0.15, -0.1) is 0 Å². The average molecular weight is 1320 g/mol. The normalized spacial score (nSPS) is 14.7. The predicted octanol–water partition coefficient (Wildman–Crippen LogP) is 11.6. The van der Waals surface area contributed by atoms with E-state index < -0.39 is 0 Å². The minimum atomic E-state index is 0.521. The van der Waals surface area contributed by atoms with Gasteiger partial charge in [0.15, 0.2) is 28.5 Å². The van der Waals surface area contributed by atoms with E-state index in [2.05, 4.69) is 136 Å². The third-order valence-corrected chi connectivity index (χ3v) is 17.7. The summed E-state index contributed by atoms with van der Waals surface area (Å²) in [5.41, 5.74) is 21.3. The van der Waals surface area contributed by atoms with Crippen molar-refractivity contribution in [1.29, 1.82) is 0 Å². The number of amidine groups is 4. The van der Waals surface area contributed by atoms with Gasteiger partial charge in [0.1, 0.15) is 50.6 Å². The van der Waals surface area contributed by atoms with Gasteiger partial charge in [-0.2, -0.15) is 20.4 Å². The van der Waals surface area contributed by atoms with E-state index in [0.29, 0.717) is 44.4 Å². The fourth-order valence-corrected chi connectivity index (χ4v) is 12.6. The molecule has 1 aromatic carbocycles. The molecule has 12 aromatic heterocycles. The Hall–Kier alpha value is -12.1. The zero-order chi connectivity index (χ0) is 66.1. The average Bonchev–Trinajstić information content (AvgIpc) is 1.68. The Kier molecular flexibility index (Phi) is 16.5. The maximum absolute atomic E-state index is 6.22. The van der Waals surface area contributed by atoms with Crippen molar-refractivity contribution < 1.29 is 4.42 Å². The number of furan rings is 1. The molecule has 27 heteroatoms. The molecule has 0 bridgehead atoms. The largest absolute Gasteiger partial charge is 0.469 e. The number of aryl methyl sites for hydroxylation is 2. The molecule has 0 radical (unpaired) electrons. The summed E-state index contributed by atoms with van der Waals surface area (Å²) >= 11 is 6.22. The van der Waals surface area contributed by atoms with Crippen molar-refractivity contribution >= 4 is 107 Å². The molecule has 1 aliphatic carbocycles.